The highest BCUT2D eigenvalue weighted by atomic mass is 32.2. The lowest BCUT2D eigenvalue weighted by Gasteiger charge is -2.06. The lowest BCUT2D eigenvalue weighted by Crippen LogP contribution is -2.10. The molecule has 1 aliphatic heterocycles. The molecule has 2 N–H and O–H groups in total. The Morgan fingerprint density at radius 3 is 3.13 bits per heavy atom. The van der Waals surface area contributed by atoms with Gasteiger partial charge in [-0.25, -0.2) is 4.39 Å². The fourth-order valence-electron chi connectivity index (χ4n) is 1.33. The van der Waals surface area contributed by atoms with Gasteiger partial charge >= 0.3 is 0 Å². The molecular weight excluding hydrogens is 217 g/mol. The molecule has 0 bridgehead atoms. The fraction of sp³-hybridized carbons (Fsp3) is 0.300. The molecule has 1 aromatic carbocycles. The second-order valence-corrected chi connectivity index (χ2v) is 4.38. The van der Waals surface area contributed by atoms with Crippen molar-refractivity contribution < 1.29 is 13.9 Å². The van der Waals surface area contributed by atoms with Gasteiger partial charge in [-0.15, -0.1) is 0 Å². The Hall–Kier alpha value is -1.23. The minimum absolute atomic E-state index is 0.352. The number of nitrogens with two attached hydrogens (primary N) is 1. The third-order valence-electron chi connectivity index (χ3n) is 2.09. The third kappa shape index (κ3) is 2.23. The molecule has 2 rings (SSSR count). The molecule has 0 saturated heterocycles. The molecule has 80 valence electrons. The van der Waals surface area contributed by atoms with Crippen molar-refractivity contribution in [1.29, 1.82) is 0 Å². The van der Waals surface area contributed by atoms with Crippen LogP contribution in [0.5, 0.6) is 5.75 Å². The Kier molecular flexibility index (Phi) is 2.81. The topological polar surface area (TPSA) is 52.3 Å². The number of rotatable bonds is 1. The monoisotopic (exact) mass is 227 g/mol. The quantitative estimate of drug-likeness (QED) is 0.797. The summed E-state index contributed by atoms with van der Waals surface area (Å²) in [4.78, 5) is 11.6. The lowest BCUT2D eigenvalue weighted by molar-refractivity contribution is 0.1000. The molecule has 0 saturated carbocycles. The number of carbonyl (C=O) groups excluding carboxylic acids is 1. The van der Waals surface area contributed by atoms with Gasteiger partial charge in [0.1, 0.15) is 5.75 Å². The molecule has 1 aromatic rings. The molecule has 0 fully saturated rings. The Morgan fingerprint density at radius 2 is 2.40 bits per heavy atom. The van der Waals surface area contributed by atoms with Gasteiger partial charge in [-0.3, -0.25) is 4.79 Å². The van der Waals surface area contributed by atoms with Crippen LogP contribution in [0.1, 0.15) is 16.8 Å². The average molecular weight is 227 g/mol. The van der Waals surface area contributed by atoms with E-state index < -0.39 is 11.4 Å². The maximum Gasteiger partial charge on any atom is 0.248 e. The largest absolute Gasteiger partial charge is 0.492 e. The van der Waals surface area contributed by atoms with Crippen molar-refractivity contribution in [2.24, 2.45) is 5.73 Å². The fourth-order valence-corrected chi connectivity index (χ4v) is 2.26. The summed E-state index contributed by atoms with van der Waals surface area (Å²) in [7, 11) is 0. The number of ether oxygens (including phenoxy) is 1. The van der Waals surface area contributed by atoms with Crippen molar-refractivity contribution in [3.05, 3.63) is 23.8 Å². The van der Waals surface area contributed by atoms with E-state index in [0.29, 0.717) is 29.2 Å². The normalized spacial score (nSPS) is 19.9. The summed E-state index contributed by atoms with van der Waals surface area (Å²) in [5.74, 6) is 0.100. The molecule has 1 heterocycles. The standard InChI is InChI=1S/C10H10FNO2S/c11-9-3-4-14-7-2-1-6(10(12)13)5-8(7)15-9/h1-2,5,9H,3-4H2,(H2,12,13). The molecule has 0 aromatic heterocycles. The number of benzene rings is 1. The summed E-state index contributed by atoms with van der Waals surface area (Å²) >= 11 is 1.06. The number of halogens is 1. The zero-order valence-electron chi connectivity index (χ0n) is 7.90. The van der Waals surface area contributed by atoms with E-state index in [2.05, 4.69) is 0 Å². The average Bonchev–Trinajstić information content (AvgIpc) is 2.37. The molecule has 0 aliphatic carbocycles. The van der Waals surface area contributed by atoms with Crippen molar-refractivity contribution in [3.8, 4) is 5.75 Å². The Bertz CT molecular complexity index is 397. The van der Waals surface area contributed by atoms with Gasteiger partial charge in [-0.1, -0.05) is 11.8 Å². The van der Waals surface area contributed by atoms with E-state index in [1.54, 1.807) is 18.2 Å². The summed E-state index contributed by atoms with van der Waals surface area (Å²) < 4.78 is 18.6. The summed E-state index contributed by atoms with van der Waals surface area (Å²) in [5.41, 5.74) is 4.52. The molecule has 15 heavy (non-hydrogen) atoms. The maximum atomic E-state index is 13.2. The van der Waals surface area contributed by atoms with Crippen LogP contribution in [0.4, 0.5) is 4.39 Å². The Labute approximate surface area is 90.8 Å². The molecule has 1 atom stereocenters. The SMILES string of the molecule is NC(=O)c1ccc2c(c1)SC(F)CCO2. The highest BCUT2D eigenvalue weighted by Crippen LogP contribution is 2.37. The molecule has 1 unspecified atom stereocenters. The highest BCUT2D eigenvalue weighted by molar-refractivity contribution is 7.99. The van der Waals surface area contributed by atoms with Gasteiger partial charge in [0, 0.05) is 12.0 Å². The van der Waals surface area contributed by atoms with E-state index in [0.717, 1.165) is 11.8 Å². The highest BCUT2D eigenvalue weighted by Gasteiger charge is 2.18. The number of hydrogen-bond acceptors (Lipinski definition) is 3. The first-order valence-corrected chi connectivity index (χ1v) is 5.42. The van der Waals surface area contributed by atoms with Crippen LogP contribution in [0, 0.1) is 0 Å². The van der Waals surface area contributed by atoms with Gasteiger partial charge in [-0.05, 0) is 18.2 Å². The summed E-state index contributed by atoms with van der Waals surface area (Å²) in [6, 6.07) is 4.81. The van der Waals surface area contributed by atoms with Gasteiger partial charge in [0.05, 0.1) is 11.5 Å². The number of fused-ring (bicyclic) bond motifs is 1. The van der Waals surface area contributed by atoms with E-state index in [1.165, 1.54) is 0 Å². The van der Waals surface area contributed by atoms with Gasteiger partial charge in [0.25, 0.3) is 0 Å². The van der Waals surface area contributed by atoms with Crippen molar-refractivity contribution >= 4 is 17.7 Å². The predicted octanol–water partition coefficient (Wildman–Crippen LogP) is 1.96. The van der Waals surface area contributed by atoms with E-state index in [1.807, 2.05) is 0 Å². The van der Waals surface area contributed by atoms with Crippen LogP contribution >= 0.6 is 11.8 Å². The molecular formula is C10H10FNO2S. The minimum Gasteiger partial charge on any atom is -0.492 e. The van der Waals surface area contributed by atoms with Crippen LogP contribution in [-0.2, 0) is 0 Å². The smallest absolute Gasteiger partial charge is 0.248 e. The Morgan fingerprint density at radius 1 is 1.60 bits per heavy atom. The zero-order chi connectivity index (χ0) is 10.8. The number of amides is 1. The van der Waals surface area contributed by atoms with Crippen LogP contribution in [-0.4, -0.2) is 18.0 Å². The first-order valence-electron chi connectivity index (χ1n) is 4.54. The second kappa shape index (κ2) is 4.10. The van der Waals surface area contributed by atoms with Gasteiger partial charge < -0.3 is 10.5 Å². The number of carbonyl (C=O) groups is 1. The second-order valence-electron chi connectivity index (χ2n) is 3.19. The molecule has 0 radical (unpaired) electrons. The van der Waals surface area contributed by atoms with Crippen molar-refractivity contribution in [1.82, 2.24) is 0 Å². The summed E-state index contributed by atoms with van der Waals surface area (Å²) in [6.07, 6.45) is 0.352. The molecule has 3 nitrogen and oxygen atoms in total. The lowest BCUT2D eigenvalue weighted by atomic mass is 10.2. The van der Waals surface area contributed by atoms with Gasteiger partial charge in [0.15, 0.2) is 5.50 Å². The van der Waals surface area contributed by atoms with Crippen LogP contribution in [0.2, 0.25) is 0 Å². The van der Waals surface area contributed by atoms with E-state index in [9.17, 15) is 9.18 Å². The third-order valence-corrected chi connectivity index (χ3v) is 3.15. The zero-order valence-corrected chi connectivity index (χ0v) is 8.72. The first kappa shape index (κ1) is 10.3. The van der Waals surface area contributed by atoms with Crippen molar-refractivity contribution in [2.45, 2.75) is 16.8 Å². The first-order chi connectivity index (χ1) is 7.16. The van der Waals surface area contributed by atoms with Crippen LogP contribution < -0.4 is 10.5 Å². The van der Waals surface area contributed by atoms with Crippen molar-refractivity contribution in [2.75, 3.05) is 6.61 Å². The Balaban J connectivity index is 2.37. The van der Waals surface area contributed by atoms with Crippen LogP contribution in [0.15, 0.2) is 23.1 Å². The summed E-state index contributed by atoms with van der Waals surface area (Å²) in [6.45, 7) is 0.358. The van der Waals surface area contributed by atoms with E-state index >= 15 is 0 Å². The van der Waals surface area contributed by atoms with Crippen LogP contribution in [0.25, 0.3) is 0 Å². The maximum absolute atomic E-state index is 13.2. The van der Waals surface area contributed by atoms with Gasteiger partial charge in [0.2, 0.25) is 5.91 Å². The van der Waals surface area contributed by atoms with E-state index in [4.69, 9.17) is 10.5 Å². The number of primary amides is 1. The molecule has 1 aliphatic rings. The number of alkyl halides is 1. The number of thioether (sulfide) groups is 1. The minimum atomic E-state index is -0.991. The van der Waals surface area contributed by atoms with E-state index in [-0.39, 0.29) is 0 Å². The van der Waals surface area contributed by atoms with Crippen LogP contribution in [0.3, 0.4) is 0 Å². The number of hydrogen-bond donors (Lipinski definition) is 1. The van der Waals surface area contributed by atoms with Crippen molar-refractivity contribution in [3.63, 3.8) is 0 Å². The molecule has 0 spiro atoms. The summed E-state index contributed by atoms with van der Waals surface area (Å²) in [5, 5.41) is 0. The molecule has 1 amide bonds. The van der Waals surface area contributed by atoms with Gasteiger partial charge in [-0.2, -0.15) is 0 Å². The predicted molar refractivity (Wildman–Crippen MR) is 55.8 cm³/mol. The molecule has 5 heteroatoms.